The molecule has 0 saturated carbocycles. The molecule has 0 radical (unpaired) electrons. The van der Waals surface area contributed by atoms with E-state index < -0.39 is 0 Å². The van der Waals surface area contributed by atoms with Gasteiger partial charge in [0.25, 0.3) is 0 Å². The number of pyridine rings is 1. The number of hydrogen-bond acceptors (Lipinski definition) is 2. The monoisotopic (exact) mass is 270 g/mol. The second-order valence-corrected chi connectivity index (χ2v) is 6.70. The molecule has 0 aliphatic rings. The Labute approximate surface area is 122 Å². The van der Waals surface area contributed by atoms with Crippen LogP contribution in [0.1, 0.15) is 39.8 Å². The van der Waals surface area contributed by atoms with Gasteiger partial charge in [-0.25, -0.2) is 0 Å². The van der Waals surface area contributed by atoms with Crippen LogP contribution in [0.2, 0.25) is 0 Å². The highest BCUT2D eigenvalue weighted by molar-refractivity contribution is 5.78. The molecule has 0 amide bonds. The number of aromatic nitrogens is 1. The van der Waals surface area contributed by atoms with E-state index in [0.29, 0.717) is 6.04 Å². The first-order chi connectivity index (χ1) is 9.46. The van der Waals surface area contributed by atoms with E-state index in [1.807, 2.05) is 0 Å². The van der Waals surface area contributed by atoms with E-state index in [0.717, 1.165) is 18.5 Å². The summed E-state index contributed by atoms with van der Waals surface area (Å²) in [6, 6.07) is 13.2. The predicted molar refractivity (Wildman–Crippen MR) is 87.0 cm³/mol. The molecule has 0 saturated heterocycles. The van der Waals surface area contributed by atoms with Gasteiger partial charge in [-0.3, -0.25) is 4.98 Å². The fourth-order valence-electron chi connectivity index (χ4n) is 2.48. The zero-order chi connectivity index (χ0) is 14.6. The van der Waals surface area contributed by atoms with Gasteiger partial charge in [0.05, 0.1) is 5.52 Å². The van der Waals surface area contributed by atoms with Crippen LogP contribution in [0.3, 0.4) is 0 Å². The van der Waals surface area contributed by atoms with Gasteiger partial charge >= 0.3 is 0 Å². The smallest absolute Gasteiger partial charge is 0.0705 e. The van der Waals surface area contributed by atoms with Crippen molar-refractivity contribution in [3.63, 3.8) is 0 Å². The minimum Gasteiger partial charge on any atom is -0.315 e. The zero-order valence-electron chi connectivity index (χ0n) is 13.1. The van der Waals surface area contributed by atoms with E-state index in [1.165, 1.54) is 17.5 Å². The second-order valence-electron chi connectivity index (χ2n) is 6.70. The number of para-hydroxylation sites is 1. The Hall–Kier alpha value is -1.41. The number of benzene rings is 1. The van der Waals surface area contributed by atoms with E-state index in [-0.39, 0.29) is 5.41 Å². The summed E-state index contributed by atoms with van der Waals surface area (Å²) in [6.07, 6.45) is 2.19. The Morgan fingerprint density at radius 3 is 2.60 bits per heavy atom. The van der Waals surface area contributed by atoms with E-state index >= 15 is 0 Å². The molecule has 0 spiro atoms. The molecule has 0 aliphatic carbocycles. The van der Waals surface area contributed by atoms with E-state index in [1.54, 1.807) is 0 Å². The van der Waals surface area contributed by atoms with E-state index in [2.05, 4.69) is 69.4 Å². The topological polar surface area (TPSA) is 24.9 Å². The molecule has 0 bridgehead atoms. The molecule has 0 aliphatic heterocycles. The van der Waals surface area contributed by atoms with Gasteiger partial charge in [0.1, 0.15) is 0 Å². The first-order valence-corrected chi connectivity index (χ1v) is 7.54. The second kappa shape index (κ2) is 6.36. The first-order valence-electron chi connectivity index (χ1n) is 7.54. The number of nitrogens with one attached hydrogen (secondary N) is 1. The molecule has 1 N–H and O–H groups in total. The highest BCUT2D eigenvalue weighted by Crippen LogP contribution is 2.25. The van der Waals surface area contributed by atoms with E-state index in [9.17, 15) is 0 Å². The molecule has 2 rings (SSSR count). The summed E-state index contributed by atoms with van der Waals surface area (Å²) in [6.45, 7) is 10.1. The molecule has 0 fully saturated rings. The number of hydrogen-bond donors (Lipinski definition) is 1. The van der Waals surface area contributed by atoms with Gasteiger partial charge in [-0.15, -0.1) is 0 Å². The first kappa shape index (κ1) is 15.0. The maximum atomic E-state index is 4.78. The highest BCUT2D eigenvalue weighted by atomic mass is 14.9. The van der Waals surface area contributed by atoms with Crippen LogP contribution in [-0.4, -0.2) is 17.6 Å². The third-order valence-electron chi connectivity index (χ3n) is 3.67. The largest absolute Gasteiger partial charge is 0.315 e. The highest BCUT2D eigenvalue weighted by Gasteiger charge is 2.19. The molecular formula is C18H26N2. The standard InChI is InChI=1S/C18H26N2/c1-14(2)19-12-11-18(3,4)13-16-10-9-15-7-5-6-8-17(15)20-16/h5-10,14,19H,11-13H2,1-4H3. The third kappa shape index (κ3) is 4.31. The molecule has 20 heavy (non-hydrogen) atoms. The van der Waals surface area contributed by atoms with Crippen LogP contribution < -0.4 is 5.32 Å². The summed E-state index contributed by atoms with van der Waals surface area (Å²) in [5.41, 5.74) is 2.57. The summed E-state index contributed by atoms with van der Waals surface area (Å²) in [7, 11) is 0. The molecule has 1 aromatic carbocycles. The van der Waals surface area contributed by atoms with Crippen LogP contribution >= 0.6 is 0 Å². The van der Waals surface area contributed by atoms with Crippen LogP contribution in [0.4, 0.5) is 0 Å². The molecule has 2 nitrogen and oxygen atoms in total. The number of fused-ring (bicyclic) bond motifs is 1. The summed E-state index contributed by atoms with van der Waals surface area (Å²) in [5.74, 6) is 0. The van der Waals surface area contributed by atoms with Crippen molar-refractivity contribution in [1.29, 1.82) is 0 Å². The van der Waals surface area contributed by atoms with Crippen molar-refractivity contribution >= 4 is 10.9 Å². The molecule has 0 atom stereocenters. The van der Waals surface area contributed by atoms with Gasteiger partial charge in [-0.2, -0.15) is 0 Å². The summed E-state index contributed by atoms with van der Waals surface area (Å²) >= 11 is 0. The maximum absolute atomic E-state index is 4.78. The van der Waals surface area contributed by atoms with Crippen LogP contribution in [0.5, 0.6) is 0 Å². The normalized spacial score (nSPS) is 12.2. The van der Waals surface area contributed by atoms with Crippen molar-refractivity contribution in [3.8, 4) is 0 Å². The lowest BCUT2D eigenvalue weighted by molar-refractivity contribution is 0.318. The lowest BCUT2D eigenvalue weighted by Gasteiger charge is -2.25. The molecule has 2 heteroatoms. The third-order valence-corrected chi connectivity index (χ3v) is 3.67. The Morgan fingerprint density at radius 2 is 1.85 bits per heavy atom. The Balaban J connectivity index is 2.02. The van der Waals surface area contributed by atoms with Crippen molar-refractivity contribution in [2.24, 2.45) is 5.41 Å². The minimum absolute atomic E-state index is 0.275. The molecular weight excluding hydrogens is 244 g/mol. The van der Waals surface area contributed by atoms with Crippen LogP contribution in [0, 0.1) is 5.41 Å². The van der Waals surface area contributed by atoms with Crippen molar-refractivity contribution in [2.75, 3.05) is 6.54 Å². The van der Waals surface area contributed by atoms with Gasteiger partial charge in [-0.1, -0.05) is 52.0 Å². The van der Waals surface area contributed by atoms with Gasteiger partial charge in [-0.05, 0) is 36.9 Å². The fourth-order valence-corrected chi connectivity index (χ4v) is 2.48. The average molecular weight is 270 g/mol. The Kier molecular flexibility index (Phi) is 4.77. The SMILES string of the molecule is CC(C)NCCC(C)(C)Cc1ccc2ccccc2n1. The predicted octanol–water partition coefficient (Wildman–Crippen LogP) is 4.19. The van der Waals surface area contributed by atoms with Crippen LogP contribution in [0.15, 0.2) is 36.4 Å². The lowest BCUT2D eigenvalue weighted by Crippen LogP contribution is -2.28. The number of rotatable bonds is 6. The molecule has 2 aromatic rings. The van der Waals surface area contributed by atoms with Crippen molar-refractivity contribution in [1.82, 2.24) is 10.3 Å². The van der Waals surface area contributed by atoms with Gasteiger partial charge in [0.2, 0.25) is 0 Å². The minimum atomic E-state index is 0.275. The number of nitrogens with zero attached hydrogens (tertiary/aromatic N) is 1. The molecule has 1 aromatic heterocycles. The van der Waals surface area contributed by atoms with Crippen molar-refractivity contribution < 1.29 is 0 Å². The van der Waals surface area contributed by atoms with E-state index in [4.69, 9.17) is 4.98 Å². The Morgan fingerprint density at radius 1 is 1.10 bits per heavy atom. The van der Waals surface area contributed by atoms with Gasteiger partial charge < -0.3 is 5.32 Å². The van der Waals surface area contributed by atoms with Crippen LogP contribution in [-0.2, 0) is 6.42 Å². The lowest BCUT2D eigenvalue weighted by atomic mass is 9.84. The summed E-state index contributed by atoms with van der Waals surface area (Å²) in [4.78, 5) is 4.78. The Bertz CT molecular complexity index is 558. The average Bonchev–Trinajstić information content (AvgIpc) is 2.37. The quantitative estimate of drug-likeness (QED) is 0.851. The van der Waals surface area contributed by atoms with Gasteiger partial charge in [0.15, 0.2) is 0 Å². The summed E-state index contributed by atoms with van der Waals surface area (Å²) in [5, 5.41) is 4.71. The van der Waals surface area contributed by atoms with Crippen molar-refractivity contribution in [3.05, 3.63) is 42.1 Å². The molecule has 108 valence electrons. The zero-order valence-corrected chi connectivity index (χ0v) is 13.1. The maximum Gasteiger partial charge on any atom is 0.0705 e. The fraction of sp³-hybridized carbons (Fsp3) is 0.500. The van der Waals surface area contributed by atoms with Crippen LogP contribution in [0.25, 0.3) is 10.9 Å². The molecule has 1 heterocycles. The summed E-state index contributed by atoms with van der Waals surface area (Å²) < 4.78 is 0. The van der Waals surface area contributed by atoms with Crippen molar-refractivity contribution in [2.45, 2.75) is 46.6 Å². The molecule has 0 unspecified atom stereocenters. The van der Waals surface area contributed by atoms with Gasteiger partial charge in [0, 0.05) is 17.1 Å².